The number of rotatable bonds is 10. The lowest BCUT2D eigenvalue weighted by atomic mass is 10.2. The van der Waals surface area contributed by atoms with Gasteiger partial charge >= 0.3 is 5.97 Å². The minimum absolute atomic E-state index is 0.234. The van der Waals surface area contributed by atoms with Crippen molar-refractivity contribution in [2.75, 3.05) is 40.6 Å². The van der Waals surface area contributed by atoms with Crippen molar-refractivity contribution in [1.29, 1.82) is 0 Å². The summed E-state index contributed by atoms with van der Waals surface area (Å²) in [6.07, 6.45) is 1.51. The maximum Gasteiger partial charge on any atom is 0.322 e. The van der Waals surface area contributed by atoms with E-state index < -0.39 is 0 Å². The van der Waals surface area contributed by atoms with E-state index in [2.05, 4.69) is 10.1 Å². The fourth-order valence-corrected chi connectivity index (χ4v) is 1.30. The first-order valence-corrected chi connectivity index (χ1v) is 5.64. The molecule has 0 aromatic rings. The highest BCUT2D eigenvalue weighted by atomic mass is 16.5. The van der Waals surface area contributed by atoms with Crippen LogP contribution in [0.2, 0.25) is 0 Å². The van der Waals surface area contributed by atoms with Crippen LogP contribution in [0.1, 0.15) is 19.8 Å². The standard InChI is InChI=1S/C11H23NO4/c1-4-12-10(11(13)15-3)6-9-16-8-5-7-14-2/h10,12H,4-9H2,1-3H3. The summed E-state index contributed by atoms with van der Waals surface area (Å²) in [5.41, 5.74) is 0. The fraction of sp³-hybridized carbons (Fsp3) is 0.909. The third-order valence-electron chi connectivity index (χ3n) is 2.12. The first kappa shape index (κ1) is 15.3. The Hall–Kier alpha value is -0.650. The van der Waals surface area contributed by atoms with Crippen LogP contribution in [-0.4, -0.2) is 52.6 Å². The highest BCUT2D eigenvalue weighted by Crippen LogP contribution is 1.96. The molecule has 5 heteroatoms. The zero-order chi connectivity index (χ0) is 12.2. The predicted molar refractivity (Wildman–Crippen MR) is 61.4 cm³/mol. The summed E-state index contributed by atoms with van der Waals surface area (Å²) >= 11 is 0. The molecule has 0 amide bonds. The lowest BCUT2D eigenvalue weighted by molar-refractivity contribution is -0.143. The van der Waals surface area contributed by atoms with E-state index in [1.54, 1.807) is 7.11 Å². The van der Waals surface area contributed by atoms with Gasteiger partial charge in [-0.25, -0.2) is 0 Å². The molecule has 1 unspecified atom stereocenters. The maximum atomic E-state index is 11.3. The molecule has 0 heterocycles. The molecule has 1 atom stereocenters. The summed E-state index contributed by atoms with van der Waals surface area (Å²) in [5, 5.41) is 3.06. The summed E-state index contributed by atoms with van der Waals surface area (Å²) in [4.78, 5) is 11.3. The van der Waals surface area contributed by atoms with Crippen LogP contribution in [-0.2, 0) is 19.0 Å². The maximum absolute atomic E-state index is 11.3. The molecule has 0 spiro atoms. The molecule has 96 valence electrons. The largest absolute Gasteiger partial charge is 0.468 e. The normalized spacial score (nSPS) is 12.4. The Labute approximate surface area is 97.4 Å². The number of hydrogen-bond donors (Lipinski definition) is 1. The summed E-state index contributed by atoms with van der Waals surface area (Å²) < 4.78 is 15.0. The van der Waals surface area contributed by atoms with Crippen molar-refractivity contribution in [3.63, 3.8) is 0 Å². The van der Waals surface area contributed by atoms with Crippen LogP contribution >= 0.6 is 0 Å². The molecule has 0 aliphatic rings. The van der Waals surface area contributed by atoms with E-state index in [4.69, 9.17) is 9.47 Å². The molecular weight excluding hydrogens is 210 g/mol. The highest BCUT2D eigenvalue weighted by molar-refractivity contribution is 5.75. The Bertz CT molecular complexity index is 175. The van der Waals surface area contributed by atoms with E-state index in [0.29, 0.717) is 26.2 Å². The molecule has 0 aliphatic carbocycles. The van der Waals surface area contributed by atoms with E-state index >= 15 is 0 Å². The predicted octanol–water partition coefficient (Wildman–Crippen LogP) is 0.581. The van der Waals surface area contributed by atoms with Crippen molar-refractivity contribution in [3.05, 3.63) is 0 Å². The van der Waals surface area contributed by atoms with Crippen LogP contribution < -0.4 is 5.32 Å². The van der Waals surface area contributed by atoms with Gasteiger partial charge < -0.3 is 19.5 Å². The van der Waals surface area contributed by atoms with Crippen LogP contribution in [0.25, 0.3) is 0 Å². The van der Waals surface area contributed by atoms with Gasteiger partial charge in [-0.3, -0.25) is 4.79 Å². The average molecular weight is 233 g/mol. The Balaban J connectivity index is 3.56. The van der Waals surface area contributed by atoms with E-state index in [1.165, 1.54) is 7.11 Å². The summed E-state index contributed by atoms with van der Waals surface area (Å²) in [7, 11) is 3.06. The monoisotopic (exact) mass is 233 g/mol. The molecule has 5 nitrogen and oxygen atoms in total. The van der Waals surface area contributed by atoms with Gasteiger partial charge in [0.25, 0.3) is 0 Å². The molecule has 0 aromatic carbocycles. The third kappa shape index (κ3) is 7.62. The molecule has 16 heavy (non-hydrogen) atoms. The van der Waals surface area contributed by atoms with Crippen LogP contribution in [0.15, 0.2) is 0 Å². The van der Waals surface area contributed by atoms with Crippen molar-refractivity contribution in [2.45, 2.75) is 25.8 Å². The number of methoxy groups -OCH3 is 2. The van der Waals surface area contributed by atoms with Gasteiger partial charge in [0.2, 0.25) is 0 Å². The number of carbonyl (C=O) groups is 1. The number of ether oxygens (including phenoxy) is 3. The van der Waals surface area contributed by atoms with Gasteiger partial charge in [0.15, 0.2) is 0 Å². The second-order valence-corrected chi connectivity index (χ2v) is 3.38. The van der Waals surface area contributed by atoms with Crippen molar-refractivity contribution < 1.29 is 19.0 Å². The van der Waals surface area contributed by atoms with Gasteiger partial charge in [-0.15, -0.1) is 0 Å². The van der Waals surface area contributed by atoms with Gasteiger partial charge in [-0.2, -0.15) is 0 Å². The lowest BCUT2D eigenvalue weighted by Gasteiger charge is -2.15. The molecule has 0 fully saturated rings. The number of hydrogen-bond acceptors (Lipinski definition) is 5. The molecule has 0 rings (SSSR count). The number of carbonyl (C=O) groups excluding carboxylic acids is 1. The fourth-order valence-electron chi connectivity index (χ4n) is 1.30. The van der Waals surface area contributed by atoms with Gasteiger partial charge in [-0.05, 0) is 19.4 Å². The van der Waals surface area contributed by atoms with Gasteiger partial charge in [-0.1, -0.05) is 6.92 Å². The van der Waals surface area contributed by atoms with E-state index in [0.717, 1.165) is 13.0 Å². The van der Waals surface area contributed by atoms with E-state index in [9.17, 15) is 4.79 Å². The average Bonchev–Trinajstić information content (AvgIpc) is 2.31. The van der Waals surface area contributed by atoms with Crippen LogP contribution in [0.3, 0.4) is 0 Å². The van der Waals surface area contributed by atoms with Crippen LogP contribution in [0.4, 0.5) is 0 Å². The third-order valence-corrected chi connectivity index (χ3v) is 2.12. The molecule has 0 bridgehead atoms. The second kappa shape index (κ2) is 10.9. The molecule has 0 saturated carbocycles. The van der Waals surface area contributed by atoms with Crippen LogP contribution in [0.5, 0.6) is 0 Å². The molecule has 0 aromatic heterocycles. The Kier molecular flexibility index (Phi) is 10.4. The van der Waals surface area contributed by atoms with Crippen molar-refractivity contribution in [3.8, 4) is 0 Å². The Morgan fingerprint density at radius 1 is 1.25 bits per heavy atom. The Morgan fingerprint density at radius 2 is 2.00 bits per heavy atom. The smallest absolute Gasteiger partial charge is 0.322 e. The van der Waals surface area contributed by atoms with Gasteiger partial charge in [0, 0.05) is 26.9 Å². The van der Waals surface area contributed by atoms with Crippen molar-refractivity contribution >= 4 is 5.97 Å². The zero-order valence-electron chi connectivity index (χ0n) is 10.5. The summed E-state index contributed by atoms with van der Waals surface area (Å²) in [5.74, 6) is -0.234. The highest BCUT2D eigenvalue weighted by Gasteiger charge is 2.16. The molecule has 0 aliphatic heterocycles. The first-order valence-electron chi connectivity index (χ1n) is 5.64. The summed E-state index contributed by atoms with van der Waals surface area (Å²) in [6.45, 7) is 4.61. The molecular formula is C11H23NO4. The number of esters is 1. The number of nitrogens with one attached hydrogen (secondary N) is 1. The minimum Gasteiger partial charge on any atom is -0.468 e. The molecule has 0 radical (unpaired) electrons. The lowest BCUT2D eigenvalue weighted by Crippen LogP contribution is -2.38. The minimum atomic E-state index is -0.266. The zero-order valence-corrected chi connectivity index (χ0v) is 10.5. The van der Waals surface area contributed by atoms with Gasteiger partial charge in [0.1, 0.15) is 6.04 Å². The molecule has 0 saturated heterocycles. The quantitative estimate of drug-likeness (QED) is 0.442. The summed E-state index contributed by atoms with van der Waals surface area (Å²) in [6, 6.07) is -0.266. The van der Waals surface area contributed by atoms with Crippen molar-refractivity contribution in [1.82, 2.24) is 5.32 Å². The SMILES string of the molecule is CCNC(CCOCCCOC)C(=O)OC. The van der Waals surface area contributed by atoms with Crippen LogP contribution in [0, 0.1) is 0 Å². The topological polar surface area (TPSA) is 56.8 Å². The Morgan fingerprint density at radius 3 is 2.56 bits per heavy atom. The number of likely N-dealkylation sites (N-methyl/N-ethyl adjacent to an activating group) is 1. The van der Waals surface area contributed by atoms with Gasteiger partial charge in [0.05, 0.1) is 7.11 Å². The van der Waals surface area contributed by atoms with Crippen molar-refractivity contribution in [2.24, 2.45) is 0 Å². The van der Waals surface area contributed by atoms with E-state index in [-0.39, 0.29) is 12.0 Å². The second-order valence-electron chi connectivity index (χ2n) is 3.38. The first-order chi connectivity index (χ1) is 7.76. The van der Waals surface area contributed by atoms with E-state index in [1.807, 2.05) is 6.92 Å². The molecule has 1 N–H and O–H groups in total.